The van der Waals surface area contributed by atoms with Gasteiger partial charge < -0.3 is 5.32 Å². The highest BCUT2D eigenvalue weighted by molar-refractivity contribution is 6.30. The number of likely N-dealkylation sites (tertiary alicyclic amines) is 1. The molecular formula is C17H25ClN2. The van der Waals surface area contributed by atoms with Gasteiger partial charge in [-0.15, -0.1) is 0 Å². The maximum atomic E-state index is 6.10. The van der Waals surface area contributed by atoms with E-state index in [1.165, 1.54) is 56.4 Å². The summed E-state index contributed by atoms with van der Waals surface area (Å²) in [5.74, 6) is 0.872. The van der Waals surface area contributed by atoms with E-state index in [9.17, 15) is 0 Å². The van der Waals surface area contributed by atoms with E-state index < -0.39 is 0 Å². The van der Waals surface area contributed by atoms with Gasteiger partial charge in [0.1, 0.15) is 0 Å². The average Bonchev–Trinajstić information content (AvgIpc) is 2.88. The summed E-state index contributed by atoms with van der Waals surface area (Å²) in [6.45, 7) is 6.99. The Balaban J connectivity index is 1.60. The van der Waals surface area contributed by atoms with Crippen LogP contribution in [0.2, 0.25) is 5.02 Å². The maximum Gasteiger partial charge on any atom is 0.0408 e. The van der Waals surface area contributed by atoms with Crippen molar-refractivity contribution in [2.24, 2.45) is 5.92 Å². The average molecular weight is 293 g/mol. The predicted molar refractivity (Wildman–Crippen MR) is 85.4 cm³/mol. The van der Waals surface area contributed by atoms with Crippen LogP contribution >= 0.6 is 11.6 Å². The van der Waals surface area contributed by atoms with Gasteiger partial charge in [0.05, 0.1) is 0 Å². The maximum absolute atomic E-state index is 6.10. The molecule has 1 fully saturated rings. The Labute approximate surface area is 127 Å². The lowest BCUT2D eigenvalue weighted by Crippen LogP contribution is -2.38. The van der Waals surface area contributed by atoms with Crippen LogP contribution in [0.3, 0.4) is 0 Å². The number of fused-ring (bicyclic) bond motifs is 1. The summed E-state index contributed by atoms with van der Waals surface area (Å²) < 4.78 is 0. The molecule has 3 heteroatoms. The molecule has 0 amide bonds. The van der Waals surface area contributed by atoms with Crippen molar-refractivity contribution in [3.63, 3.8) is 0 Å². The molecule has 0 spiro atoms. The lowest BCUT2D eigenvalue weighted by molar-refractivity contribution is 0.131. The lowest BCUT2D eigenvalue weighted by Gasteiger charge is -2.36. The van der Waals surface area contributed by atoms with Gasteiger partial charge in [0, 0.05) is 11.1 Å². The second-order valence-corrected chi connectivity index (χ2v) is 6.62. The van der Waals surface area contributed by atoms with E-state index in [0.717, 1.165) is 17.5 Å². The molecule has 1 unspecified atom stereocenters. The van der Waals surface area contributed by atoms with E-state index in [0.29, 0.717) is 6.04 Å². The van der Waals surface area contributed by atoms with Crippen molar-refractivity contribution in [3.05, 3.63) is 34.3 Å². The van der Waals surface area contributed by atoms with Crippen LogP contribution in [0, 0.1) is 5.92 Å². The minimum atomic E-state index is 0.641. The number of nitrogens with one attached hydrogen (secondary N) is 1. The zero-order chi connectivity index (χ0) is 13.9. The highest BCUT2D eigenvalue weighted by Crippen LogP contribution is 2.38. The van der Waals surface area contributed by atoms with Crippen molar-refractivity contribution in [2.75, 3.05) is 26.2 Å². The summed E-state index contributed by atoms with van der Waals surface area (Å²) in [5, 5.41) is 4.37. The molecule has 2 nitrogen and oxygen atoms in total. The third-order valence-corrected chi connectivity index (χ3v) is 5.16. The molecule has 0 radical (unpaired) electrons. The highest BCUT2D eigenvalue weighted by Gasteiger charge is 2.30. The molecular weight excluding hydrogens is 268 g/mol. The molecule has 1 atom stereocenters. The van der Waals surface area contributed by atoms with Gasteiger partial charge in [-0.2, -0.15) is 0 Å². The normalized spacial score (nSPS) is 24.0. The quantitative estimate of drug-likeness (QED) is 0.911. The van der Waals surface area contributed by atoms with Crippen LogP contribution in [-0.2, 0) is 6.42 Å². The SMILES string of the molecule is CCNCC1CCN(C2CCc3cc(Cl)ccc32)CC1. The van der Waals surface area contributed by atoms with E-state index >= 15 is 0 Å². The van der Waals surface area contributed by atoms with E-state index in [4.69, 9.17) is 11.6 Å². The predicted octanol–water partition coefficient (Wildman–Crippen LogP) is 3.65. The smallest absolute Gasteiger partial charge is 0.0408 e. The van der Waals surface area contributed by atoms with E-state index in [1.54, 1.807) is 0 Å². The Morgan fingerprint density at radius 1 is 1.25 bits per heavy atom. The Morgan fingerprint density at radius 3 is 2.80 bits per heavy atom. The molecule has 0 aromatic heterocycles. The molecule has 1 aliphatic carbocycles. The molecule has 3 rings (SSSR count). The Bertz CT molecular complexity index is 452. The third kappa shape index (κ3) is 3.03. The van der Waals surface area contributed by atoms with Crippen molar-refractivity contribution < 1.29 is 0 Å². The summed E-state index contributed by atoms with van der Waals surface area (Å²) in [7, 11) is 0. The second kappa shape index (κ2) is 6.46. The second-order valence-electron chi connectivity index (χ2n) is 6.18. The topological polar surface area (TPSA) is 15.3 Å². The summed E-state index contributed by atoms with van der Waals surface area (Å²) in [5.41, 5.74) is 3.00. The van der Waals surface area contributed by atoms with Crippen LogP contribution in [0.5, 0.6) is 0 Å². The Kier molecular flexibility index (Phi) is 4.65. The van der Waals surface area contributed by atoms with Gasteiger partial charge >= 0.3 is 0 Å². The minimum Gasteiger partial charge on any atom is -0.317 e. The van der Waals surface area contributed by atoms with Crippen LogP contribution in [0.25, 0.3) is 0 Å². The van der Waals surface area contributed by atoms with Crippen molar-refractivity contribution >= 4 is 11.6 Å². The number of rotatable bonds is 4. The minimum absolute atomic E-state index is 0.641. The van der Waals surface area contributed by atoms with E-state index in [1.807, 2.05) is 0 Å². The van der Waals surface area contributed by atoms with Crippen LogP contribution in [0.1, 0.15) is 43.4 Å². The molecule has 1 N–H and O–H groups in total. The number of nitrogens with zero attached hydrogens (tertiary/aromatic N) is 1. The first-order chi connectivity index (χ1) is 9.78. The number of hydrogen-bond acceptors (Lipinski definition) is 2. The van der Waals surface area contributed by atoms with E-state index in [2.05, 4.69) is 35.3 Å². The molecule has 1 aromatic rings. The molecule has 110 valence electrons. The van der Waals surface area contributed by atoms with Gasteiger partial charge in [0.25, 0.3) is 0 Å². The van der Waals surface area contributed by atoms with Gasteiger partial charge in [0.2, 0.25) is 0 Å². The molecule has 1 aliphatic heterocycles. The fourth-order valence-electron chi connectivity index (χ4n) is 3.76. The van der Waals surface area contributed by atoms with Crippen molar-refractivity contribution in [2.45, 2.75) is 38.6 Å². The van der Waals surface area contributed by atoms with Crippen molar-refractivity contribution in [3.8, 4) is 0 Å². The van der Waals surface area contributed by atoms with Gasteiger partial charge in [-0.3, -0.25) is 4.90 Å². The number of hydrogen-bond donors (Lipinski definition) is 1. The molecule has 0 bridgehead atoms. The number of benzene rings is 1. The summed E-state index contributed by atoms with van der Waals surface area (Å²) in [4.78, 5) is 2.70. The zero-order valence-electron chi connectivity index (χ0n) is 12.4. The summed E-state index contributed by atoms with van der Waals surface area (Å²) in [6, 6.07) is 7.10. The highest BCUT2D eigenvalue weighted by atomic mass is 35.5. The largest absolute Gasteiger partial charge is 0.317 e. The summed E-state index contributed by atoms with van der Waals surface area (Å²) in [6.07, 6.45) is 5.14. The van der Waals surface area contributed by atoms with Crippen LogP contribution in [0.4, 0.5) is 0 Å². The fraction of sp³-hybridized carbons (Fsp3) is 0.647. The van der Waals surface area contributed by atoms with Gasteiger partial charge in [-0.05, 0) is 81.0 Å². The van der Waals surface area contributed by atoms with Crippen molar-refractivity contribution in [1.29, 1.82) is 0 Å². The molecule has 2 aliphatic rings. The van der Waals surface area contributed by atoms with Crippen LogP contribution < -0.4 is 5.32 Å². The number of aryl methyl sites for hydroxylation is 1. The molecule has 20 heavy (non-hydrogen) atoms. The molecule has 1 heterocycles. The van der Waals surface area contributed by atoms with Crippen LogP contribution in [-0.4, -0.2) is 31.1 Å². The fourth-order valence-corrected chi connectivity index (χ4v) is 3.95. The Hall–Kier alpha value is -0.570. The monoisotopic (exact) mass is 292 g/mol. The van der Waals surface area contributed by atoms with Crippen LogP contribution in [0.15, 0.2) is 18.2 Å². The number of halogens is 1. The molecule has 0 saturated carbocycles. The first kappa shape index (κ1) is 14.4. The Morgan fingerprint density at radius 2 is 2.05 bits per heavy atom. The number of piperidine rings is 1. The first-order valence-corrected chi connectivity index (χ1v) is 8.39. The zero-order valence-corrected chi connectivity index (χ0v) is 13.1. The lowest BCUT2D eigenvalue weighted by atomic mass is 9.94. The van der Waals surface area contributed by atoms with Crippen molar-refractivity contribution in [1.82, 2.24) is 10.2 Å². The molecule has 1 aromatic carbocycles. The molecule has 1 saturated heterocycles. The van der Waals surface area contributed by atoms with Gasteiger partial charge in [0.15, 0.2) is 0 Å². The standard InChI is InChI=1S/C17H25ClN2/c1-2-19-12-13-7-9-20(10-8-13)17-6-3-14-11-15(18)4-5-16(14)17/h4-5,11,13,17,19H,2-3,6-10,12H2,1H3. The first-order valence-electron chi connectivity index (χ1n) is 8.01. The third-order valence-electron chi connectivity index (χ3n) is 4.92. The van der Waals surface area contributed by atoms with E-state index in [-0.39, 0.29) is 0 Å². The summed E-state index contributed by atoms with van der Waals surface area (Å²) >= 11 is 6.10. The van der Waals surface area contributed by atoms with Gasteiger partial charge in [-0.1, -0.05) is 24.6 Å². The van der Waals surface area contributed by atoms with Gasteiger partial charge in [-0.25, -0.2) is 0 Å².